The molecule has 0 saturated carbocycles. The van der Waals surface area contributed by atoms with Crippen molar-refractivity contribution in [3.05, 3.63) is 0 Å². The van der Waals surface area contributed by atoms with E-state index in [-0.39, 0.29) is 19.6 Å². The highest BCUT2D eigenvalue weighted by Crippen LogP contribution is 2.41. The fraction of sp³-hybridized carbons (Fsp3) is 0.900. The lowest BCUT2D eigenvalue weighted by Crippen LogP contribution is -2.51. The van der Waals surface area contributed by atoms with Gasteiger partial charge in [0.2, 0.25) is 0 Å². The van der Waals surface area contributed by atoms with E-state index in [2.05, 4.69) is 0 Å². The van der Waals surface area contributed by atoms with E-state index >= 15 is 0 Å². The zero-order chi connectivity index (χ0) is 13.3. The van der Waals surface area contributed by atoms with Gasteiger partial charge in [-0.05, 0) is 20.3 Å². The van der Waals surface area contributed by atoms with E-state index in [4.69, 9.17) is 9.84 Å². The molecule has 0 amide bonds. The molecule has 1 aliphatic rings. The molecule has 1 N–H and O–H groups in total. The highest BCUT2D eigenvalue weighted by Gasteiger charge is 2.59. The number of hydrogen-bond donors (Lipinski definition) is 1. The average Bonchev–Trinajstić information content (AvgIpc) is 2.62. The first-order chi connectivity index (χ1) is 7.73. The molecule has 0 bridgehead atoms. The Kier molecular flexibility index (Phi) is 4.03. The van der Waals surface area contributed by atoms with Gasteiger partial charge in [-0.1, -0.05) is 0 Å². The predicted octanol–water partition coefficient (Wildman–Crippen LogP) is 1.50. The molecule has 100 valence electrons. The van der Waals surface area contributed by atoms with Crippen molar-refractivity contribution in [1.82, 2.24) is 4.90 Å². The molecular weight excluding hydrogens is 239 g/mol. The van der Waals surface area contributed by atoms with Crippen molar-refractivity contribution in [2.75, 3.05) is 19.7 Å². The quantitative estimate of drug-likeness (QED) is 0.827. The largest absolute Gasteiger partial charge is 0.480 e. The maximum absolute atomic E-state index is 12.9. The Morgan fingerprint density at radius 3 is 2.59 bits per heavy atom. The summed E-state index contributed by atoms with van der Waals surface area (Å²) in [4.78, 5) is 12.0. The first-order valence-electron chi connectivity index (χ1n) is 5.41. The van der Waals surface area contributed by atoms with Crippen LogP contribution in [0.4, 0.5) is 13.2 Å². The summed E-state index contributed by atoms with van der Waals surface area (Å²) in [5.74, 6) is -1.13. The summed E-state index contributed by atoms with van der Waals surface area (Å²) < 4.78 is 43.7. The fourth-order valence-electron chi connectivity index (χ4n) is 2.00. The topological polar surface area (TPSA) is 49.8 Å². The van der Waals surface area contributed by atoms with Crippen LogP contribution in [0.25, 0.3) is 0 Å². The highest BCUT2D eigenvalue weighted by molar-refractivity contribution is 5.72. The Bertz CT molecular complexity index is 295. The summed E-state index contributed by atoms with van der Waals surface area (Å²) in [6.45, 7) is 2.48. The number of hydrogen-bond acceptors (Lipinski definition) is 3. The Balaban J connectivity index is 2.82. The van der Waals surface area contributed by atoms with Crippen molar-refractivity contribution in [3.8, 4) is 0 Å². The van der Waals surface area contributed by atoms with Gasteiger partial charge in [-0.3, -0.25) is 9.69 Å². The smallest absolute Gasteiger partial charge is 0.418 e. The van der Waals surface area contributed by atoms with Gasteiger partial charge < -0.3 is 9.84 Å². The Labute approximate surface area is 97.3 Å². The van der Waals surface area contributed by atoms with E-state index in [1.54, 1.807) is 0 Å². The zero-order valence-corrected chi connectivity index (χ0v) is 9.75. The molecule has 1 fully saturated rings. The third-order valence-corrected chi connectivity index (χ3v) is 3.10. The summed E-state index contributed by atoms with van der Waals surface area (Å²) in [6.07, 6.45) is -4.70. The van der Waals surface area contributed by atoms with E-state index in [1.807, 2.05) is 0 Å². The van der Waals surface area contributed by atoms with Gasteiger partial charge in [-0.25, -0.2) is 0 Å². The van der Waals surface area contributed by atoms with Crippen LogP contribution in [-0.4, -0.2) is 53.5 Å². The molecule has 0 spiro atoms. The summed E-state index contributed by atoms with van der Waals surface area (Å²) in [6, 6.07) is -0.931. The molecule has 0 aromatic rings. The minimum atomic E-state index is -4.48. The van der Waals surface area contributed by atoms with Crippen LogP contribution in [0.5, 0.6) is 0 Å². The number of carboxylic acid groups (broad SMARTS) is 1. The lowest BCUT2D eigenvalue weighted by Gasteiger charge is -2.32. The number of carbonyl (C=O) groups is 1. The van der Waals surface area contributed by atoms with Gasteiger partial charge in [-0.15, -0.1) is 0 Å². The van der Waals surface area contributed by atoms with Crippen LogP contribution in [-0.2, 0) is 9.53 Å². The maximum atomic E-state index is 12.9. The Morgan fingerprint density at radius 1 is 1.59 bits per heavy atom. The number of aliphatic carboxylic acids is 1. The number of ether oxygens (including phenoxy) is 1. The standard InChI is InChI=1S/C10H16F3NO3/c1-3-17-9(10(11,12)13)4-5-14(6-9)7(2)8(15)16/h7H,3-6H2,1-2H3,(H,15,16). The van der Waals surface area contributed by atoms with Gasteiger partial charge in [0.1, 0.15) is 6.04 Å². The third kappa shape index (κ3) is 2.71. The molecule has 4 nitrogen and oxygen atoms in total. The van der Waals surface area contributed by atoms with Crippen molar-refractivity contribution in [2.45, 2.75) is 38.1 Å². The molecule has 2 atom stereocenters. The van der Waals surface area contributed by atoms with Crippen LogP contribution >= 0.6 is 0 Å². The second kappa shape index (κ2) is 4.81. The molecule has 0 radical (unpaired) electrons. The molecule has 7 heteroatoms. The normalized spacial score (nSPS) is 28.3. The lowest BCUT2D eigenvalue weighted by molar-refractivity contribution is -0.271. The summed E-state index contributed by atoms with van der Waals surface area (Å²) >= 11 is 0. The van der Waals surface area contributed by atoms with Gasteiger partial charge in [0.05, 0.1) is 0 Å². The van der Waals surface area contributed by atoms with Crippen molar-refractivity contribution < 1.29 is 27.8 Å². The zero-order valence-electron chi connectivity index (χ0n) is 9.75. The van der Waals surface area contributed by atoms with Crippen LogP contribution in [0.1, 0.15) is 20.3 Å². The molecule has 1 heterocycles. The predicted molar refractivity (Wildman–Crippen MR) is 53.7 cm³/mol. The van der Waals surface area contributed by atoms with Crippen molar-refractivity contribution in [2.24, 2.45) is 0 Å². The molecule has 1 saturated heterocycles. The van der Waals surface area contributed by atoms with Crippen molar-refractivity contribution >= 4 is 5.97 Å². The molecule has 0 aromatic carbocycles. The minimum absolute atomic E-state index is 0.0468. The summed E-state index contributed by atoms with van der Waals surface area (Å²) in [7, 11) is 0. The summed E-state index contributed by atoms with van der Waals surface area (Å²) in [5, 5.41) is 8.78. The Hall–Kier alpha value is -0.820. The van der Waals surface area contributed by atoms with Gasteiger partial charge >= 0.3 is 12.1 Å². The van der Waals surface area contributed by atoms with Crippen molar-refractivity contribution in [3.63, 3.8) is 0 Å². The average molecular weight is 255 g/mol. The van der Waals surface area contributed by atoms with E-state index in [0.29, 0.717) is 0 Å². The van der Waals surface area contributed by atoms with E-state index in [1.165, 1.54) is 18.7 Å². The van der Waals surface area contributed by atoms with Crippen LogP contribution in [0.3, 0.4) is 0 Å². The highest BCUT2D eigenvalue weighted by atomic mass is 19.4. The van der Waals surface area contributed by atoms with Gasteiger partial charge in [0.15, 0.2) is 5.60 Å². The van der Waals surface area contributed by atoms with Gasteiger partial charge in [0, 0.05) is 19.7 Å². The Morgan fingerprint density at radius 2 is 2.18 bits per heavy atom. The number of rotatable bonds is 4. The first-order valence-corrected chi connectivity index (χ1v) is 5.41. The first kappa shape index (κ1) is 14.2. The van der Waals surface area contributed by atoms with E-state index < -0.39 is 30.3 Å². The van der Waals surface area contributed by atoms with E-state index in [9.17, 15) is 18.0 Å². The third-order valence-electron chi connectivity index (χ3n) is 3.10. The number of halogens is 3. The number of carboxylic acids is 1. The molecule has 1 aliphatic heterocycles. The molecule has 2 unspecified atom stereocenters. The van der Waals surface area contributed by atoms with Gasteiger partial charge in [0.25, 0.3) is 0 Å². The molecule has 17 heavy (non-hydrogen) atoms. The molecule has 1 rings (SSSR count). The second-order valence-electron chi connectivity index (χ2n) is 4.16. The minimum Gasteiger partial charge on any atom is -0.480 e. The van der Waals surface area contributed by atoms with Crippen LogP contribution in [0, 0.1) is 0 Å². The summed E-state index contributed by atoms with van der Waals surface area (Å²) in [5.41, 5.74) is -2.22. The number of alkyl halides is 3. The van der Waals surface area contributed by atoms with Crippen LogP contribution in [0.15, 0.2) is 0 Å². The molecule has 0 aliphatic carbocycles. The SMILES string of the molecule is CCOC1(C(F)(F)F)CCN(C(C)C(=O)O)C1. The lowest BCUT2D eigenvalue weighted by atomic mass is 10.0. The fourth-order valence-corrected chi connectivity index (χ4v) is 2.00. The number of nitrogens with zero attached hydrogens (tertiary/aromatic N) is 1. The van der Waals surface area contributed by atoms with Crippen LogP contribution < -0.4 is 0 Å². The number of likely N-dealkylation sites (tertiary alicyclic amines) is 1. The molecular formula is C10H16F3NO3. The van der Waals surface area contributed by atoms with Crippen molar-refractivity contribution in [1.29, 1.82) is 0 Å². The second-order valence-corrected chi connectivity index (χ2v) is 4.16. The van der Waals surface area contributed by atoms with Crippen LogP contribution in [0.2, 0.25) is 0 Å². The maximum Gasteiger partial charge on any atom is 0.418 e. The van der Waals surface area contributed by atoms with E-state index in [0.717, 1.165) is 0 Å². The monoisotopic (exact) mass is 255 g/mol. The van der Waals surface area contributed by atoms with Gasteiger partial charge in [-0.2, -0.15) is 13.2 Å². The molecule has 0 aromatic heterocycles.